The Bertz CT molecular complexity index is 415. The van der Waals surface area contributed by atoms with Crippen LogP contribution < -0.4 is 5.32 Å². The Morgan fingerprint density at radius 1 is 1.41 bits per heavy atom. The third kappa shape index (κ3) is 3.57. The van der Waals surface area contributed by atoms with Crippen LogP contribution in [0.2, 0.25) is 0 Å². The van der Waals surface area contributed by atoms with Crippen molar-refractivity contribution >= 4 is 11.3 Å². The quantitative estimate of drug-likeness (QED) is 0.851. The van der Waals surface area contributed by atoms with Crippen molar-refractivity contribution in [2.45, 2.75) is 25.8 Å². The zero-order chi connectivity index (χ0) is 11.9. The molecule has 2 aromatic rings. The lowest BCUT2D eigenvalue weighted by Crippen LogP contribution is -2.24. The van der Waals surface area contributed by atoms with E-state index in [1.807, 2.05) is 17.8 Å². The van der Waals surface area contributed by atoms with Crippen LogP contribution in [0.4, 0.5) is 0 Å². The smallest absolute Gasteiger partial charge is 0.115 e. The number of rotatable bonds is 6. The molecule has 0 amide bonds. The Balaban J connectivity index is 2.08. The second-order valence-corrected chi connectivity index (χ2v) is 4.78. The molecule has 0 saturated carbocycles. The highest BCUT2D eigenvalue weighted by Crippen LogP contribution is 2.18. The highest BCUT2D eigenvalue weighted by atomic mass is 32.1. The summed E-state index contributed by atoms with van der Waals surface area (Å²) in [6, 6.07) is 2.22. The number of hydrogen-bond donors (Lipinski definition) is 1. The molecular formula is C12H16N4S. The van der Waals surface area contributed by atoms with E-state index in [9.17, 15) is 0 Å². The van der Waals surface area contributed by atoms with E-state index in [1.165, 1.54) is 4.88 Å². The summed E-state index contributed by atoms with van der Waals surface area (Å²) < 4.78 is 0. The van der Waals surface area contributed by atoms with Crippen molar-refractivity contribution in [1.82, 2.24) is 20.3 Å². The topological polar surface area (TPSA) is 50.7 Å². The third-order valence-corrected chi connectivity index (χ3v) is 3.29. The first-order chi connectivity index (χ1) is 8.40. The van der Waals surface area contributed by atoms with Gasteiger partial charge < -0.3 is 5.32 Å². The van der Waals surface area contributed by atoms with Crippen molar-refractivity contribution in [2.24, 2.45) is 0 Å². The van der Waals surface area contributed by atoms with Crippen LogP contribution in [0.3, 0.4) is 0 Å². The Labute approximate surface area is 105 Å². The van der Waals surface area contributed by atoms with Crippen molar-refractivity contribution in [2.75, 3.05) is 6.54 Å². The lowest BCUT2D eigenvalue weighted by Gasteiger charge is -2.16. The van der Waals surface area contributed by atoms with Gasteiger partial charge in [0.05, 0.1) is 17.2 Å². The summed E-state index contributed by atoms with van der Waals surface area (Å²) in [5.41, 5.74) is 2.91. The fourth-order valence-corrected chi connectivity index (χ4v) is 2.29. The predicted octanol–water partition coefficient (Wildman–Crippen LogP) is 2.22. The van der Waals surface area contributed by atoms with E-state index in [4.69, 9.17) is 0 Å². The highest BCUT2D eigenvalue weighted by Gasteiger charge is 2.13. The molecule has 2 rings (SSSR count). The van der Waals surface area contributed by atoms with E-state index >= 15 is 0 Å². The zero-order valence-electron chi connectivity index (χ0n) is 9.84. The second kappa shape index (κ2) is 6.42. The molecular weight excluding hydrogens is 232 g/mol. The molecule has 0 spiro atoms. The summed E-state index contributed by atoms with van der Waals surface area (Å²) in [5, 5.41) is 3.51. The first-order valence-corrected chi connectivity index (χ1v) is 6.64. The molecule has 90 valence electrons. The second-order valence-electron chi connectivity index (χ2n) is 3.81. The molecule has 0 fully saturated rings. The summed E-state index contributed by atoms with van der Waals surface area (Å²) in [7, 11) is 0. The molecule has 0 radical (unpaired) electrons. The largest absolute Gasteiger partial charge is 0.308 e. The van der Waals surface area contributed by atoms with Crippen molar-refractivity contribution in [3.05, 3.63) is 40.9 Å². The molecule has 0 bridgehead atoms. The van der Waals surface area contributed by atoms with Gasteiger partial charge in [-0.3, -0.25) is 4.98 Å². The standard InChI is InChI=1S/C12H16N4S/c1-2-4-15-12(6-10-7-14-9-17-10)11-3-5-13-8-16-11/h3,5,7-9,12,15H,2,4,6H2,1H3. The molecule has 5 heteroatoms. The maximum atomic E-state index is 4.32. The minimum atomic E-state index is 0.249. The van der Waals surface area contributed by atoms with Gasteiger partial charge in [-0.05, 0) is 19.0 Å². The van der Waals surface area contributed by atoms with Crippen LogP contribution in [0.1, 0.15) is 30.0 Å². The summed E-state index contributed by atoms with van der Waals surface area (Å²) >= 11 is 1.68. The molecule has 0 saturated heterocycles. The summed E-state index contributed by atoms with van der Waals surface area (Å²) in [6.45, 7) is 3.16. The average molecular weight is 248 g/mol. The van der Waals surface area contributed by atoms with Gasteiger partial charge in [0.15, 0.2) is 0 Å². The summed E-state index contributed by atoms with van der Waals surface area (Å²) in [6.07, 6.45) is 7.36. The van der Waals surface area contributed by atoms with Crippen LogP contribution in [0.15, 0.2) is 30.3 Å². The Hall–Kier alpha value is -1.33. The number of hydrogen-bond acceptors (Lipinski definition) is 5. The van der Waals surface area contributed by atoms with Crippen LogP contribution in [0.5, 0.6) is 0 Å². The SMILES string of the molecule is CCCNC(Cc1cncs1)c1ccncn1. The van der Waals surface area contributed by atoms with E-state index in [0.29, 0.717) is 0 Å². The Morgan fingerprint density at radius 2 is 2.35 bits per heavy atom. The van der Waals surface area contributed by atoms with E-state index in [1.54, 1.807) is 23.9 Å². The van der Waals surface area contributed by atoms with Crippen molar-refractivity contribution in [3.8, 4) is 0 Å². The van der Waals surface area contributed by atoms with Gasteiger partial charge in [-0.15, -0.1) is 11.3 Å². The lowest BCUT2D eigenvalue weighted by molar-refractivity contribution is 0.519. The van der Waals surface area contributed by atoms with Gasteiger partial charge in [-0.1, -0.05) is 6.92 Å². The predicted molar refractivity (Wildman–Crippen MR) is 68.9 cm³/mol. The molecule has 17 heavy (non-hydrogen) atoms. The summed E-state index contributed by atoms with van der Waals surface area (Å²) in [5.74, 6) is 0. The van der Waals surface area contributed by atoms with Crippen LogP contribution in [-0.4, -0.2) is 21.5 Å². The van der Waals surface area contributed by atoms with Gasteiger partial charge in [-0.2, -0.15) is 0 Å². The average Bonchev–Trinajstić information content (AvgIpc) is 2.88. The van der Waals surface area contributed by atoms with Crippen LogP contribution in [0, 0.1) is 0 Å². The van der Waals surface area contributed by atoms with E-state index < -0.39 is 0 Å². The van der Waals surface area contributed by atoms with Gasteiger partial charge in [-0.25, -0.2) is 9.97 Å². The summed E-state index contributed by atoms with van der Waals surface area (Å²) in [4.78, 5) is 13.7. The van der Waals surface area contributed by atoms with Gasteiger partial charge >= 0.3 is 0 Å². The molecule has 0 aliphatic rings. The molecule has 0 aliphatic heterocycles. The third-order valence-electron chi connectivity index (χ3n) is 2.49. The number of nitrogens with zero attached hydrogens (tertiary/aromatic N) is 3. The maximum absolute atomic E-state index is 4.32. The molecule has 4 nitrogen and oxygen atoms in total. The fourth-order valence-electron chi connectivity index (χ4n) is 1.65. The zero-order valence-corrected chi connectivity index (χ0v) is 10.7. The van der Waals surface area contributed by atoms with Crippen LogP contribution in [-0.2, 0) is 6.42 Å². The van der Waals surface area contributed by atoms with E-state index in [0.717, 1.165) is 25.1 Å². The first-order valence-electron chi connectivity index (χ1n) is 5.76. The fraction of sp³-hybridized carbons (Fsp3) is 0.417. The maximum Gasteiger partial charge on any atom is 0.115 e. The molecule has 0 aromatic carbocycles. The number of aromatic nitrogens is 3. The number of thiazole rings is 1. The lowest BCUT2D eigenvalue weighted by atomic mass is 10.1. The van der Waals surface area contributed by atoms with E-state index in [-0.39, 0.29) is 6.04 Å². The van der Waals surface area contributed by atoms with Crippen LogP contribution in [0.25, 0.3) is 0 Å². The molecule has 1 N–H and O–H groups in total. The first kappa shape index (κ1) is 12.1. The number of nitrogens with one attached hydrogen (secondary N) is 1. The highest BCUT2D eigenvalue weighted by molar-refractivity contribution is 7.09. The molecule has 0 aliphatic carbocycles. The Kier molecular flexibility index (Phi) is 4.58. The molecule has 1 atom stereocenters. The molecule has 2 aromatic heterocycles. The van der Waals surface area contributed by atoms with Crippen molar-refractivity contribution in [1.29, 1.82) is 0 Å². The van der Waals surface area contributed by atoms with Gasteiger partial charge in [0.2, 0.25) is 0 Å². The van der Waals surface area contributed by atoms with E-state index in [2.05, 4.69) is 27.2 Å². The molecule has 1 unspecified atom stereocenters. The van der Waals surface area contributed by atoms with Gasteiger partial charge in [0, 0.05) is 23.7 Å². The molecule has 2 heterocycles. The van der Waals surface area contributed by atoms with Gasteiger partial charge in [0.1, 0.15) is 6.33 Å². The Morgan fingerprint density at radius 3 is 3.00 bits per heavy atom. The minimum absolute atomic E-state index is 0.249. The van der Waals surface area contributed by atoms with Crippen molar-refractivity contribution < 1.29 is 0 Å². The normalized spacial score (nSPS) is 12.5. The minimum Gasteiger partial charge on any atom is -0.308 e. The van der Waals surface area contributed by atoms with Gasteiger partial charge in [0.25, 0.3) is 0 Å². The van der Waals surface area contributed by atoms with Crippen molar-refractivity contribution in [3.63, 3.8) is 0 Å². The van der Waals surface area contributed by atoms with Crippen LogP contribution >= 0.6 is 11.3 Å². The monoisotopic (exact) mass is 248 g/mol.